The van der Waals surface area contributed by atoms with Crippen molar-refractivity contribution in [1.82, 2.24) is 0 Å². The molecule has 0 N–H and O–H groups in total. The van der Waals surface area contributed by atoms with Gasteiger partial charge in [-0.1, -0.05) is 11.1 Å². The molecule has 2 radical (unpaired) electrons. The Kier molecular flexibility index (Phi) is 37.9. The van der Waals surface area contributed by atoms with E-state index in [1.54, 1.807) is 0 Å². The first-order valence-corrected chi connectivity index (χ1v) is 2.71. The molecule has 0 rings (SSSR count). The molecule has 0 nitrogen and oxygen atoms in total. The van der Waals surface area contributed by atoms with Crippen LogP contribution in [0.25, 0.3) is 0 Å². The van der Waals surface area contributed by atoms with E-state index in [9.17, 15) is 0 Å². The van der Waals surface area contributed by atoms with Crippen molar-refractivity contribution in [2.45, 2.75) is 27.7 Å². The quantitative estimate of drug-likeness (QED) is 0.375. The number of hydrogen-bond acceptors (Lipinski definition) is 0. The Morgan fingerprint density at radius 2 is 0.700 bits per heavy atom. The molecule has 50 valence electrons. The topological polar surface area (TPSA) is 0 Å². The largest absolute Gasteiger partial charge is 0.100 e. The van der Waals surface area contributed by atoms with Crippen molar-refractivity contribution in [1.29, 1.82) is 0 Å². The standard InChI is InChI=1S/2C4H8.2Na/c2*1-4(2)3;;/h2*1H2,2-3H3;;. The van der Waals surface area contributed by atoms with Gasteiger partial charge in [0.2, 0.25) is 0 Å². The first-order valence-electron chi connectivity index (χ1n) is 2.71. The van der Waals surface area contributed by atoms with E-state index in [1.807, 2.05) is 27.7 Å². The van der Waals surface area contributed by atoms with Crippen LogP contribution >= 0.6 is 0 Å². The third kappa shape index (κ3) is 311. The van der Waals surface area contributed by atoms with Crippen LogP contribution in [0.15, 0.2) is 24.3 Å². The average molecular weight is 158 g/mol. The van der Waals surface area contributed by atoms with Crippen LogP contribution in [0.2, 0.25) is 0 Å². The molecule has 0 bridgehead atoms. The molecule has 0 aromatic rings. The molecule has 0 saturated heterocycles. The summed E-state index contributed by atoms with van der Waals surface area (Å²) in [5.41, 5.74) is 2.33. The Morgan fingerprint density at radius 3 is 0.700 bits per heavy atom. The van der Waals surface area contributed by atoms with Gasteiger partial charge in [-0.15, -0.1) is 13.2 Å². The number of allylic oxidation sites excluding steroid dienone is 2. The Bertz CT molecular complexity index is 65.3. The maximum Gasteiger partial charge on any atom is 0 e. The molecule has 0 atom stereocenters. The first kappa shape index (κ1) is 22.5. The smallest absolute Gasteiger partial charge is 0 e. The van der Waals surface area contributed by atoms with Gasteiger partial charge in [0.1, 0.15) is 0 Å². The molecule has 2 heteroatoms. The minimum Gasteiger partial charge on any atom is -0.100 e. The SMILES string of the molecule is C=C(C)C.C=C(C)C.[Na].[Na]. The third-order valence-electron chi connectivity index (χ3n) is 0. The van der Waals surface area contributed by atoms with E-state index in [0.717, 1.165) is 0 Å². The molecule has 0 fully saturated rings. The van der Waals surface area contributed by atoms with Gasteiger partial charge in [0.05, 0.1) is 0 Å². The van der Waals surface area contributed by atoms with Crippen molar-refractivity contribution in [2.75, 3.05) is 0 Å². The van der Waals surface area contributed by atoms with E-state index in [1.165, 1.54) is 11.1 Å². The van der Waals surface area contributed by atoms with Crippen LogP contribution in [-0.2, 0) is 0 Å². The summed E-state index contributed by atoms with van der Waals surface area (Å²) < 4.78 is 0. The van der Waals surface area contributed by atoms with E-state index in [0.29, 0.717) is 0 Å². The summed E-state index contributed by atoms with van der Waals surface area (Å²) in [6.45, 7) is 15.0. The molecule has 0 aliphatic heterocycles. The maximum atomic E-state index is 3.56. The van der Waals surface area contributed by atoms with Gasteiger partial charge in [-0.05, 0) is 27.7 Å². The monoisotopic (exact) mass is 158 g/mol. The Balaban J connectivity index is -0.0000000300. The van der Waals surface area contributed by atoms with Crippen LogP contribution < -0.4 is 0 Å². The summed E-state index contributed by atoms with van der Waals surface area (Å²) in [4.78, 5) is 0. The average Bonchev–Trinajstić information content (AvgIpc) is 1.25. The summed E-state index contributed by atoms with van der Waals surface area (Å²) >= 11 is 0. The fraction of sp³-hybridized carbons (Fsp3) is 0.500. The maximum absolute atomic E-state index is 3.56. The van der Waals surface area contributed by atoms with Crippen molar-refractivity contribution in [2.24, 2.45) is 0 Å². The molecule has 0 spiro atoms. The van der Waals surface area contributed by atoms with E-state index in [2.05, 4.69) is 13.2 Å². The molecular formula is C8H16Na2. The summed E-state index contributed by atoms with van der Waals surface area (Å²) in [7, 11) is 0. The number of rotatable bonds is 0. The second kappa shape index (κ2) is 16.8. The van der Waals surface area contributed by atoms with Gasteiger partial charge >= 0.3 is 0 Å². The molecular weight excluding hydrogens is 142 g/mol. The van der Waals surface area contributed by atoms with E-state index < -0.39 is 0 Å². The van der Waals surface area contributed by atoms with E-state index in [-0.39, 0.29) is 59.1 Å². The Labute approximate surface area is 110 Å². The second-order valence-electron chi connectivity index (χ2n) is 2.41. The normalized spacial score (nSPS) is 5.20. The van der Waals surface area contributed by atoms with Crippen LogP contribution in [0.3, 0.4) is 0 Å². The van der Waals surface area contributed by atoms with Gasteiger partial charge in [0, 0.05) is 59.1 Å². The van der Waals surface area contributed by atoms with Crippen LogP contribution in [0.4, 0.5) is 0 Å². The van der Waals surface area contributed by atoms with Crippen LogP contribution in [0, 0.1) is 0 Å². The molecule has 0 saturated carbocycles. The van der Waals surface area contributed by atoms with Crippen LogP contribution in [-0.4, -0.2) is 59.1 Å². The Morgan fingerprint density at radius 1 is 0.700 bits per heavy atom. The van der Waals surface area contributed by atoms with Gasteiger partial charge < -0.3 is 0 Å². The molecule has 0 unspecified atom stereocenters. The van der Waals surface area contributed by atoms with Gasteiger partial charge in [-0.3, -0.25) is 0 Å². The van der Waals surface area contributed by atoms with Gasteiger partial charge in [0.15, 0.2) is 0 Å². The minimum atomic E-state index is 0. The molecule has 0 aromatic heterocycles. The molecule has 10 heavy (non-hydrogen) atoms. The second-order valence-corrected chi connectivity index (χ2v) is 2.41. The van der Waals surface area contributed by atoms with Gasteiger partial charge in [-0.25, -0.2) is 0 Å². The van der Waals surface area contributed by atoms with Crippen molar-refractivity contribution < 1.29 is 0 Å². The predicted molar refractivity (Wildman–Crippen MR) is 52.5 cm³/mol. The fourth-order valence-corrected chi connectivity index (χ4v) is 0. The first-order chi connectivity index (χ1) is 3.46. The fourth-order valence-electron chi connectivity index (χ4n) is 0. The van der Waals surface area contributed by atoms with Gasteiger partial charge in [0.25, 0.3) is 0 Å². The van der Waals surface area contributed by atoms with E-state index >= 15 is 0 Å². The molecule has 0 heterocycles. The molecule has 0 amide bonds. The third-order valence-corrected chi connectivity index (χ3v) is 0. The number of hydrogen-bond donors (Lipinski definition) is 0. The zero-order valence-electron chi connectivity index (χ0n) is 8.41. The van der Waals surface area contributed by atoms with Crippen molar-refractivity contribution >= 4 is 59.1 Å². The zero-order chi connectivity index (χ0) is 7.15. The molecule has 0 aromatic carbocycles. The molecule has 0 aliphatic rings. The van der Waals surface area contributed by atoms with Crippen molar-refractivity contribution in [3.05, 3.63) is 24.3 Å². The zero-order valence-corrected chi connectivity index (χ0v) is 12.4. The van der Waals surface area contributed by atoms with Crippen molar-refractivity contribution in [3.8, 4) is 0 Å². The predicted octanol–water partition coefficient (Wildman–Crippen LogP) is 2.40. The summed E-state index contributed by atoms with van der Waals surface area (Å²) in [5.74, 6) is 0. The Hall–Kier alpha value is 1.48. The summed E-state index contributed by atoms with van der Waals surface area (Å²) in [6, 6.07) is 0. The molecule has 0 aliphatic carbocycles. The minimum absolute atomic E-state index is 0. The van der Waals surface area contributed by atoms with E-state index in [4.69, 9.17) is 0 Å². The van der Waals surface area contributed by atoms with Gasteiger partial charge in [-0.2, -0.15) is 0 Å². The summed E-state index contributed by atoms with van der Waals surface area (Å²) in [5, 5.41) is 0. The van der Waals surface area contributed by atoms with Crippen LogP contribution in [0.5, 0.6) is 0 Å². The van der Waals surface area contributed by atoms with Crippen LogP contribution in [0.1, 0.15) is 27.7 Å². The van der Waals surface area contributed by atoms with Crippen molar-refractivity contribution in [3.63, 3.8) is 0 Å². The summed E-state index contributed by atoms with van der Waals surface area (Å²) in [6.07, 6.45) is 0.